The van der Waals surface area contributed by atoms with E-state index in [1.165, 1.54) is 0 Å². The molecule has 4 N–H and O–H groups in total. The molecule has 0 radical (unpaired) electrons. The van der Waals surface area contributed by atoms with Gasteiger partial charge in [-0.2, -0.15) is 0 Å². The molecule has 2 saturated heterocycles. The Morgan fingerprint density at radius 2 is 2.38 bits per heavy atom. The maximum Gasteiger partial charge on any atom is 0.214 e. The Hall–Kier alpha value is -0.850. The number of hydrogen-bond acceptors (Lipinski definition) is 6. The van der Waals surface area contributed by atoms with E-state index in [-0.39, 0.29) is 18.8 Å². The van der Waals surface area contributed by atoms with Crippen molar-refractivity contribution in [2.24, 2.45) is 5.11 Å². The van der Waals surface area contributed by atoms with E-state index >= 15 is 0 Å². The van der Waals surface area contributed by atoms with E-state index in [9.17, 15) is 10.2 Å². The Kier molecular flexibility index (Phi) is 1.90. The highest BCUT2D eigenvalue weighted by molar-refractivity contribution is 5.05. The number of fused-ring (bicyclic) bond motifs is 1. The van der Waals surface area contributed by atoms with E-state index in [1.807, 2.05) is 0 Å². The average molecular weight is 187 g/mol. The van der Waals surface area contributed by atoms with Crippen molar-refractivity contribution in [2.45, 2.75) is 24.0 Å². The fraction of sp³-hybridized carbons (Fsp3) is 1.00. The highest BCUT2D eigenvalue weighted by atomic mass is 16.6. The van der Waals surface area contributed by atoms with Gasteiger partial charge in [-0.3, -0.25) is 0 Å². The van der Waals surface area contributed by atoms with Crippen molar-refractivity contribution in [2.75, 3.05) is 13.2 Å². The van der Waals surface area contributed by atoms with Crippen molar-refractivity contribution >= 4 is 0 Å². The summed E-state index contributed by atoms with van der Waals surface area (Å²) in [5, 5.41) is 25.3. The lowest BCUT2D eigenvalue weighted by atomic mass is 10.1. The molecule has 1 unspecified atom stereocenters. The molecular weight excluding hydrogens is 176 g/mol. The molecule has 0 aromatic carbocycles. The summed E-state index contributed by atoms with van der Waals surface area (Å²) in [6.45, 7) is 0.333. The van der Waals surface area contributed by atoms with Crippen LogP contribution in [0.4, 0.5) is 0 Å². The van der Waals surface area contributed by atoms with Crippen molar-refractivity contribution in [1.82, 2.24) is 10.2 Å². The van der Waals surface area contributed by atoms with E-state index in [1.54, 1.807) is 0 Å². The van der Waals surface area contributed by atoms with E-state index in [4.69, 9.17) is 10.3 Å². The predicted molar refractivity (Wildman–Crippen MR) is 39.8 cm³/mol. The zero-order valence-corrected chi connectivity index (χ0v) is 6.84. The second-order valence-electron chi connectivity index (χ2n) is 3.32. The highest BCUT2D eigenvalue weighted by Crippen LogP contribution is 2.29. The van der Waals surface area contributed by atoms with Gasteiger partial charge in [0.25, 0.3) is 0 Å². The van der Waals surface area contributed by atoms with Crippen LogP contribution in [0.15, 0.2) is 5.11 Å². The Bertz CT molecular complexity index is 263. The minimum Gasteiger partial charge on any atom is -0.368 e. The first-order chi connectivity index (χ1) is 6.15. The van der Waals surface area contributed by atoms with Crippen LogP contribution < -0.4 is 10.2 Å². The first-order valence-electron chi connectivity index (χ1n) is 4.01. The smallest absolute Gasteiger partial charge is 0.214 e. The monoisotopic (exact) mass is 187 g/mol. The molecule has 2 heterocycles. The van der Waals surface area contributed by atoms with Crippen LogP contribution in [0.2, 0.25) is 0 Å². The zero-order chi connectivity index (χ0) is 9.47. The Balaban J connectivity index is 2.16. The standard InChI is InChI=1S/C6H11N4O3/c7-10-9-3-1-8-5-4(3)13-2-6(5,11)12/h3-5,7-8,11-12H,1-2H2/q+1/t3?,4-,5+/m1/s1. The lowest BCUT2D eigenvalue weighted by Crippen LogP contribution is -2.48. The number of hydrogen-bond donors (Lipinski definition) is 4. The van der Waals surface area contributed by atoms with E-state index in [2.05, 4.69) is 15.3 Å². The molecule has 7 heteroatoms. The maximum absolute atomic E-state index is 9.40. The van der Waals surface area contributed by atoms with E-state index in [0.29, 0.717) is 6.54 Å². The summed E-state index contributed by atoms with van der Waals surface area (Å²) < 4.78 is 5.16. The van der Waals surface area contributed by atoms with Crippen molar-refractivity contribution in [3.63, 3.8) is 0 Å². The third-order valence-electron chi connectivity index (χ3n) is 2.45. The van der Waals surface area contributed by atoms with Gasteiger partial charge >= 0.3 is 0 Å². The fourth-order valence-electron chi connectivity index (χ4n) is 1.83. The molecule has 2 aliphatic heterocycles. The van der Waals surface area contributed by atoms with Gasteiger partial charge in [0.05, 0.1) is 6.04 Å². The van der Waals surface area contributed by atoms with Crippen LogP contribution in [-0.4, -0.2) is 47.3 Å². The van der Waals surface area contributed by atoms with Crippen LogP contribution in [0, 0.1) is 5.53 Å². The molecule has 0 aromatic rings. The largest absolute Gasteiger partial charge is 0.368 e. The topological polar surface area (TPSA) is 112 Å². The van der Waals surface area contributed by atoms with Crippen LogP contribution in [-0.2, 0) is 4.74 Å². The fourth-order valence-corrected chi connectivity index (χ4v) is 1.83. The second-order valence-corrected chi connectivity index (χ2v) is 3.32. The average Bonchev–Trinajstić information content (AvgIpc) is 2.57. The van der Waals surface area contributed by atoms with Crippen LogP contribution in [0.5, 0.6) is 0 Å². The van der Waals surface area contributed by atoms with Crippen LogP contribution in [0.1, 0.15) is 0 Å². The summed E-state index contributed by atoms with van der Waals surface area (Å²) in [5.41, 5.74) is 6.57. The van der Waals surface area contributed by atoms with Crippen LogP contribution >= 0.6 is 0 Å². The minimum atomic E-state index is -1.82. The molecule has 2 fully saturated rings. The van der Waals surface area contributed by atoms with Crippen molar-refractivity contribution in [1.29, 1.82) is 5.53 Å². The van der Waals surface area contributed by atoms with Gasteiger partial charge in [0, 0.05) is 6.54 Å². The molecule has 0 saturated carbocycles. The molecule has 2 rings (SSSR count). The summed E-state index contributed by atoms with van der Waals surface area (Å²) in [7, 11) is 0. The third-order valence-corrected chi connectivity index (χ3v) is 2.45. The number of nitrogens with zero attached hydrogens (tertiary/aromatic N) is 2. The van der Waals surface area contributed by atoms with Gasteiger partial charge in [-0.1, -0.05) is 0 Å². The quantitative estimate of drug-likeness (QED) is 0.215. The lowest BCUT2D eigenvalue weighted by Gasteiger charge is -2.19. The number of nitrogens with one attached hydrogen (secondary N) is 2. The van der Waals surface area contributed by atoms with Gasteiger partial charge in [0.15, 0.2) is 6.04 Å². The zero-order valence-electron chi connectivity index (χ0n) is 6.84. The molecule has 0 aliphatic carbocycles. The normalized spacial score (nSPS) is 41.2. The molecule has 0 aromatic heterocycles. The summed E-state index contributed by atoms with van der Waals surface area (Å²) >= 11 is 0. The molecular formula is C6H11N4O3+. The third kappa shape index (κ3) is 1.27. The SMILES string of the molecule is N=[N+]=NC1CN[C@H]2[C@@H]1OCC2(O)O. The Labute approximate surface area is 73.9 Å². The van der Waals surface area contributed by atoms with Gasteiger partial charge in [-0.15, -0.1) is 0 Å². The second kappa shape index (κ2) is 2.83. The Morgan fingerprint density at radius 3 is 3.08 bits per heavy atom. The van der Waals surface area contributed by atoms with Crippen molar-refractivity contribution < 1.29 is 14.9 Å². The molecule has 7 nitrogen and oxygen atoms in total. The number of rotatable bonds is 1. The van der Waals surface area contributed by atoms with Gasteiger partial charge in [0.1, 0.15) is 23.4 Å². The van der Waals surface area contributed by atoms with Gasteiger partial charge in [-0.05, 0) is 0 Å². The predicted octanol–water partition coefficient (Wildman–Crippen LogP) is -2.04. The Morgan fingerprint density at radius 1 is 1.62 bits per heavy atom. The molecule has 0 amide bonds. The minimum absolute atomic E-state index is 0.126. The van der Waals surface area contributed by atoms with Crippen LogP contribution in [0.25, 0.3) is 0 Å². The number of aliphatic hydroxyl groups is 2. The maximum atomic E-state index is 9.40. The molecule has 0 bridgehead atoms. The van der Waals surface area contributed by atoms with Gasteiger partial charge in [0.2, 0.25) is 10.7 Å². The molecule has 3 atom stereocenters. The summed E-state index contributed by atoms with van der Waals surface area (Å²) in [6.07, 6.45) is -0.385. The van der Waals surface area contributed by atoms with Gasteiger partial charge in [-0.25, -0.2) is 0 Å². The first kappa shape index (κ1) is 8.74. The molecule has 13 heavy (non-hydrogen) atoms. The molecule has 72 valence electrons. The van der Waals surface area contributed by atoms with E-state index in [0.717, 1.165) is 0 Å². The van der Waals surface area contributed by atoms with Crippen molar-refractivity contribution in [3.05, 3.63) is 0 Å². The summed E-state index contributed by atoms with van der Waals surface area (Å²) in [6, 6.07) is -0.813. The van der Waals surface area contributed by atoms with Crippen molar-refractivity contribution in [3.8, 4) is 0 Å². The first-order valence-corrected chi connectivity index (χ1v) is 4.01. The lowest BCUT2D eigenvalue weighted by molar-refractivity contribution is -0.169. The van der Waals surface area contributed by atoms with Crippen LogP contribution in [0.3, 0.4) is 0 Å². The van der Waals surface area contributed by atoms with Gasteiger partial charge < -0.3 is 20.3 Å². The number of ether oxygens (including phenoxy) is 1. The highest BCUT2D eigenvalue weighted by Gasteiger charge is 2.55. The molecule has 2 aliphatic rings. The molecule has 0 spiro atoms. The van der Waals surface area contributed by atoms with E-state index < -0.39 is 11.8 Å². The summed E-state index contributed by atoms with van der Waals surface area (Å²) in [4.78, 5) is 2.92. The summed E-state index contributed by atoms with van der Waals surface area (Å²) in [5.74, 6) is -1.82.